The summed E-state index contributed by atoms with van der Waals surface area (Å²) in [6.07, 6.45) is 0. The molecule has 4 rings (SSSR count). The number of rotatable bonds is 3. The molecule has 0 saturated heterocycles. The third-order valence-electron chi connectivity index (χ3n) is 4.36. The minimum absolute atomic E-state index is 0. The van der Waals surface area contributed by atoms with Gasteiger partial charge in [0.2, 0.25) is 5.16 Å². The van der Waals surface area contributed by atoms with Gasteiger partial charge in [0.05, 0.1) is 12.8 Å². The van der Waals surface area contributed by atoms with Crippen molar-refractivity contribution >= 4 is 34.5 Å². The molecule has 0 unspecified atom stereocenters. The Hall–Kier alpha value is -2.12. The molecule has 2 heterocycles. The van der Waals surface area contributed by atoms with E-state index >= 15 is 0 Å². The largest absolute Gasteiger partial charge is 0.497 e. The Labute approximate surface area is 167 Å². The topological polar surface area (TPSA) is 52.3 Å². The highest BCUT2D eigenvalue weighted by molar-refractivity contribution is 8.93. The van der Waals surface area contributed by atoms with E-state index in [-0.39, 0.29) is 17.0 Å². The average molecular weight is 431 g/mol. The van der Waals surface area contributed by atoms with Crippen molar-refractivity contribution in [1.29, 1.82) is 0 Å². The molecule has 134 valence electrons. The highest BCUT2D eigenvalue weighted by Crippen LogP contribution is 2.29. The van der Waals surface area contributed by atoms with E-state index < -0.39 is 0 Å². The summed E-state index contributed by atoms with van der Waals surface area (Å²) in [7, 11) is 1.66. The van der Waals surface area contributed by atoms with Gasteiger partial charge in [0.25, 0.3) is 0 Å². The van der Waals surface area contributed by atoms with E-state index in [9.17, 15) is 0 Å². The molecular weight excluding hydrogens is 412 g/mol. The predicted molar refractivity (Wildman–Crippen MR) is 111 cm³/mol. The lowest BCUT2D eigenvalue weighted by Gasteiger charge is -2.15. The Balaban J connectivity index is 0.00000196. The van der Waals surface area contributed by atoms with Gasteiger partial charge in [0.15, 0.2) is 5.82 Å². The van der Waals surface area contributed by atoms with Crippen LogP contribution in [0.25, 0.3) is 11.4 Å². The van der Waals surface area contributed by atoms with Crippen molar-refractivity contribution in [2.75, 3.05) is 12.9 Å². The second kappa shape index (κ2) is 7.63. The van der Waals surface area contributed by atoms with E-state index in [1.54, 1.807) is 18.9 Å². The summed E-state index contributed by atoms with van der Waals surface area (Å²) in [5.41, 5.74) is 5.71. The molecule has 7 heteroatoms. The van der Waals surface area contributed by atoms with Crippen LogP contribution in [-0.4, -0.2) is 33.4 Å². The maximum Gasteiger partial charge on any atom is 0.212 e. The summed E-state index contributed by atoms with van der Waals surface area (Å²) in [5.74, 6) is 2.35. The van der Waals surface area contributed by atoms with E-state index in [4.69, 9.17) is 9.84 Å². The summed E-state index contributed by atoms with van der Waals surface area (Å²) in [5, 5.41) is 14.2. The van der Waals surface area contributed by atoms with Gasteiger partial charge in [0, 0.05) is 11.3 Å². The van der Waals surface area contributed by atoms with E-state index in [0.29, 0.717) is 0 Å². The Morgan fingerprint density at radius 3 is 2.38 bits per heavy atom. The van der Waals surface area contributed by atoms with Crippen molar-refractivity contribution in [3.05, 3.63) is 59.2 Å². The van der Waals surface area contributed by atoms with Gasteiger partial charge in [-0.05, 0) is 60.9 Å². The molecule has 2 aromatic carbocycles. The number of halogens is 1. The second-order valence-electron chi connectivity index (χ2n) is 5.98. The van der Waals surface area contributed by atoms with E-state index in [1.807, 2.05) is 28.9 Å². The molecule has 26 heavy (non-hydrogen) atoms. The molecule has 0 atom stereocenters. The molecule has 5 nitrogen and oxygen atoms in total. The maximum absolute atomic E-state index is 5.22. The van der Waals surface area contributed by atoms with Crippen molar-refractivity contribution in [1.82, 2.24) is 14.9 Å². The molecule has 0 spiro atoms. The quantitative estimate of drug-likeness (QED) is 0.613. The minimum atomic E-state index is 0. The zero-order chi connectivity index (χ0) is 17.4. The van der Waals surface area contributed by atoms with Gasteiger partial charge >= 0.3 is 0 Å². The van der Waals surface area contributed by atoms with Crippen LogP contribution in [0.4, 0.5) is 0 Å². The Kier molecular flexibility index (Phi) is 5.48. The lowest BCUT2D eigenvalue weighted by Crippen LogP contribution is -2.14. The number of benzene rings is 2. The number of hydrogen-bond donors (Lipinski definition) is 0. The Morgan fingerprint density at radius 1 is 0.962 bits per heavy atom. The van der Waals surface area contributed by atoms with Crippen LogP contribution in [0.5, 0.6) is 5.75 Å². The van der Waals surface area contributed by atoms with E-state index in [1.165, 1.54) is 11.1 Å². The summed E-state index contributed by atoms with van der Waals surface area (Å²) in [6.45, 7) is 4.25. The highest BCUT2D eigenvalue weighted by Gasteiger charge is 2.21. The van der Waals surface area contributed by atoms with Crippen LogP contribution in [0.1, 0.15) is 16.7 Å². The van der Waals surface area contributed by atoms with Gasteiger partial charge in [-0.2, -0.15) is 9.78 Å². The zero-order valence-electron chi connectivity index (χ0n) is 14.8. The first-order valence-electron chi connectivity index (χ1n) is 8.04. The molecule has 1 aliphatic heterocycles. The first-order chi connectivity index (χ1) is 12.2. The molecule has 3 aromatic rings. The van der Waals surface area contributed by atoms with Crippen LogP contribution in [0, 0.1) is 13.8 Å². The molecule has 0 N–H and O–H groups in total. The van der Waals surface area contributed by atoms with Crippen molar-refractivity contribution in [3.63, 3.8) is 0 Å². The van der Waals surface area contributed by atoms with Gasteiger partial charge in [-0.15, -0.1) is 27.2 Å². The van der Waals surface area contributed by atoms with Crippen LogP contribution < -0.4 is 4.74 Å². The summed E-state index contributed by atoms with van der Waals surface area (Å²) >= 11 is 1.66. The van der Waals surface area contributed by atoms with Crippen LogP contribution >= 0.6 is 28.7 Å². The summed E-state index contributed by atoms with van der Waals surface area (Å²) in [4.78, 5) is 0. The monoisotopic (exact) mass is 430 g/mol. The van der Waals surface area contributed by atoms with E-state index in [0.717, 1.165) is 39.3 Å². The van der Waals surface area contributed by atoms with Crippen LogP contribution in [0.15, 0.2) is 52.7 Å². The fourth-order valence-electron chi connectivity index (χ4n) is 2.71. The number of thioether (sulfide) groups is 1. The standard InChI is InChI=1S/C19H18N4OS.BrH/c1-12-4-5-15(10-13(12)2)17-11-25-19-21-20-18(23(19)22-17)14-6-8-16(24-3)9-7-14;/h4-10H,11H2,1-3H3;1H. The molecule has 0 radical (unpaired) electrons. The lowest BCUT2D eigenvalue weighted by atomic mass is 10.0. The second-order valence-corrected chi connectivity index (χ2v) is 6.92. The minimum Gasteiger partial charge on any atom is -0.497 e. The summed E-state index contributed by atoms with van der Waals surface area (Å²) < 4.78 is 7.05. The molecule has 1 aliphatic rings. The predicted octanol–water partition coefficient (Wildman–Crippen LogP) is 4.51. The third-order valence-corrected chi connectivity index (χ3v) is 5.29. The number of methoxy groups -OCH3 is 1. The smallest absolute Gasteiger partial charge is 0.212 e. The van der Waals surface area contributed by atoms with Crippen molar-refractivity contribution in [2.45, 2.75) is 19.0 Å². The SMILES string of the molecule is Br.COc1ccc(-c2nnc3n2N=C(c2ccc(C)c(C)c2)CS3)cc1. The van der Waals surface area contributed by atoms with Gasteiger partial charge in [-0.25, -0.2) is 0 Å². The van der Waals surface area contributed by atoms with Gasteiger partial charge in [-0.3, -0.25) is 0 Å². The number of fused-ring (bicyclic) bond motifs is 1. The molecule has 0 bridgehead atoms. The fraction of sp³-hybridized carbons (Fsp3) is 0.211. The fourth-order valence-corrected chi connectivity index (χ4v) is 3.55. The number of ether oxygens (including phenoxy) is 1. The first kappa shape index (κ1) is 18.7. The van der Waals surface area contributed by atoms with Crippen molar-refractivity contribution < 1.29 is 4.74 Å². The molecule has 0 amide bonds. The number of hydrogen-bond acceptors (Lipinski definition) is 5. The van der Waals surface area contributed by atoms with Crippen LogP contribution in [-0.2, 0) is 0 Å². The molecule has 0 aliphatic carbocycles. The van der Waals surface area contributed by atoms with E-state index in [2.05, 4.69) is 42.2 Å². The normalized spacial score (nSPS) is 12.8. The average Bonchev–Trinajstić information content (AvgIpc) is 3.07. The van der Waals surface area contributed by atoms with Gasteiger partial charge in [0.1, 0.15) is 5.75 Å². The molecule has 1 aromatic heterocycles. The van der Waals surface area contributed by atoms with Gasteiger partial charge in [-0.1, -0.05) is 23.9 Å². The summed E-state index contributed by atoms with van der Waals surface area (Å²) in [6, 6.07) is 14.2. The van der Waals surface area contributed by atoms with Crippen LogP contribution in [0.2, 0.25) is 0 Å². The number of aromatic nitrogens is 3. The van der Waals surface area contributed by atoms with Crippen LogP contribution in [0.3, 0.4) is 0 Å². The lowest BCUT2D eigenvalue weighted by molar-refractivity contribution is 0.415. The molecular formula is C19H19BrN4OS. The zero-order valence-corrected chi connectivity index (χ0v) is 17.3. The Morgan fingerprint density at radius 2 is 1.69 bits per heavy atom. The molecule has 0 saturated carbocycles. The third kappa shape index (κ3) is 3.41. The van der Waals surface area contributed by atoms with Crippen molar-refractivity contribution in [2.24, 2.45) is 5.10 Å². The highest BCUT2D eigenvalue weighted by atomic mass is 79.9. The molecule has 0 fully saturated rings. The number of nitrogens with zero attached hydrogens (tertiary/aromatic N) is 4. The Bertz CT molecular complexity index is 966. The van der Waals surface area contributed by atoms with Crippen molar-refractivity contribution in [3.8, 4) is 17.1 Å². The van der Waals surface area contributed by atoms with Gasteiger partial charge < -0.3 is 4.74 Å². The number of aryl methyl sites for hydroxylation is 2. The first-order valence-corrected chi connectivity index (χ1v) is 9.02. The maximum atomic E-state index is 5.22.